The van der Waals surface area contributed by atoms with Crippen molar-refractivity contribution in [1.82, 2.24) is 14.5 Å². The smallest absolute Gasteiger partial charge is 0.246 e. The van der Waals surface area contributed by atoms with Gasteiger partial charge in [-0.15, -0.1) is 0 Å². The topological polar surface area (TPSA) is 52.7 Å². The molecule has 0 aliphatic carbocycles. The predicted octanol–water partition coefficient (Wildman–Crippen LogP) is 0.870. The van der Waals surface area contributed by atoms with Crippen LogP contribution in [-0.2, 0) is 16.6 Å². The van der Waals surface area contributed by atoms with E-state index in [1.807, 2.05) is 14.0 Å². The Balaban J connectivity index is 2.27. The van der Waals surface area contributed by atoms with Crippen molar-refractivity contribution < 1.29 is 12.8 Å². The van der Waals surface area contributed by atoms with Gasteiger partial charge in [0.1, 0.15) is 10.7 Å². The van der Waals surface area contributed by atoms with Gasteiger partial charge in [0.2, 0.25) is 10.0 Å². The summed E-state index contributed by atoms with van der Waals surface area (Å²) in [6, 6.07) is 4.41. The second-order valence-corrected chi connectivity index (χ2v) is 7.39. The van der Waals surface area contributed by atoms with E-state index in [4.69, 9.17) is 0 Å². The maximum Gasteiger partial charge on any atom is 0.246 e. The Morgan fingerprint density at radius 3 is 2.67 bits per heavy atom. The monoisotopic (exact) mass is 315 g/mol. The second-order valence-electron chi connectivity index (χ2n) is 5.49. The Morgan fingerprint density at radius 1 is 1.38 bits per heavy atom. The molecule has 1 aromatic rings. The van der Waals surface area contributed by atoms with Crippen LogP contribution in [0.3, 0.4) is 0 Å². The lowest BCUT2D eigenvalue weighted by atomic mass is 10.2. The van der Waals surface area contributed by atoms with Gasteiger partial charge >= 0.3 is 0 Å². The minimum absolute atomic E-state index is 0.125. The fraction of sp³-hybridized carbons (Fsp3) is 0.571. The fourth-order valence-corrected chi connectivity index (χ4v) is 4.00. The van der Waals surface area contributed by atoms with E-state index in [9.17, 15) is 12.8 Å². The van der Waals surface area contributed by atoms with Gasteiger partial charge in [-0.25, -0.2) is 12.8 Å². The Kier molecular flexibility index (Phi) is 4.98. The highest BCUT2D eigenvalue weighted by Gasteiger charge is 2.32. The van der Waals surface area contributed by atoms with E-state index >= 15 is 0 Å². The van der Waals surface area contributed by atoms with Gasteiger partial charge in [-0.3, -0.25) is 0 Å². The lowest BCUT2D eigenvalue weighted by molar-refractivity contribution is 0.159. The number of rotatable bonds is 4. The van der Waals surface area contributed by atoms with Crippen LogP contribution in [0.1, 0.15) is 12.5 Å². The van der Waals surface area contributed by atoms with E-state index in [0.29, 0.717) is 26.2 Å². The van der Waals surface area contributed by atoms with Crippen LogP contribution in [0.2, 0.25) is 0 Å². The zero-order chi connectivity index (χ0) is 15.6. The molecule has 0 aromatic heterocycles. The zero-order valence-electron chi connectivity index (χ0n) is 12.6. The van der Waals surface area contributed by atoms with Crippen LogP contribution >= 0.6 is 0 Å². The molecule has 0 saturated carbocycles. The highest BCUT2D eigenvalue weighted by atomic mass is 32.2. The molecule has 118 valence electrons. The first-order valence-corrected chi connectivity index (χ1v) is 8.43. The van der Waals surface area contributed by atoms with E-state index in [1.54, 1.807) is 13.1 Å². The first-order chi connectivity index (χ1) is 9.86. The highest BCUT2D eigenvalue weighted by molar-refractivity contribution is 7.89. The standard InChI is InChI=1S/C14H22FN3O2S/c1-11-10-18(7-6-17(11)3)21(19,20)14-5-4-12(9-16-2)8-13(14)15/h4-5,8,11,16H,6-7,9-10H2,1-3H3. The largest absolute Gasteiger partial charge is 0.316 e. The number of halogens is 1. The normalized spacial score (nSPS) is 21.6. The summed E-state index contributed by atoms with van der Waals surface area (Å²) in [6.45, 7) is 3.90. The van der Waals surface area contributed by atoms with Crippen molar-refractivity contribution in [3.8, 4) is 0 Å². The first kappa shape index (κ1) is 16.4. The van der Waals surface area contributed by atoms with Gasteiger partial charge in [0.05, 0.1) is 0 Å². The zero-order valence-corrected chi connectivity index (χ0v) is 13.5. The Bertz CT molecular complexity index is 606. The van der Waals surface area contributed by atoms with Crippen LogP contribution in [0.15, 0.2) is 23.1 Å². The number of piperazine rings is 1. The van der Waals surface area contributed by atoms with E-state index in [2.05, 4.69) is 10.2 Å². The van der Waals surface area contributed by atoms with E-state index in [1.165, 1.54) is 16.4 Å². The molecular weight excluding hydrogens is 293 g/mol. The maximum absolute atomic E-state index is 14.2. The third-order valence-electron chi connectivity index (χ3n) is 3.92. The molecule has 0 radical (unpaired) electrons. The molecule has 2 rings (SSSR count). The Morgan fingerprint density at radius 2 is 2.10 bits per heavy atom. The quantitative estimate of drug-likeness (QED) is 0.896. The molecule has 1 fully saturated rings. The minimum atomic E-state index is -3.77. The summed E-state index contributed by atoms with van der Waals surface area (Å²) in [7, 11) is -0.0513. The van der Waals surface area contributed by atoms with Gasteiger partial charge in [-0.05, 0) is 38.7 Å². The van der Waals surface area contributed by atoms with Gasteiger partial charge < -0.3 is 10.2 Å². The summed E-state index contributed by atoms with van der Waals surface area (Å²) >= 11 is 0. The maximum atomic E-state index is 14.2. The van der Waals surface area contributed by atoms with Crippen molar-refractivity contribution in [2.75, 3.05) is 33.7 Å². The summed E-state index contributed by atoms with van der Waals surface area (Å²) in [4.78, 5) is 1.86. The van der Waals surface area contributed by atoms with Gasteiger partial charge in [0.15, 0.2) is 0 Å². The Labute approximate surface area is 125 Å². The van der Waals surface area contributed by atoms with E-state index in [-0.39, 0.29) is 10.9 Å². The fourth-order valence-electron chi connectivity index (χ4n) is 2.44. The van der Waals surface area contributed by atoms with Crippen LogP contribution in [0.5, 0.6) is 0 Å². The number of hydrogen-bond donors (Lipinski definition) is 1. The van der Waals surface area contributed by atoms with Crippen LogP contribution in [0.4, 0.5) is 4.39 Å². The molecule has 1 aliphatic heterocycles. The van der Waals surface area contributed by atoms with Crippen molar-refractivity contribution in [2.24, 2.45) is 0 Å². The van der Waals surface area contributed by atoms with E-state index < -0.39 is 15.8 Å². The number of benzene rings is 1. The third kappa shape index (κ3) is 3.42. The Hall–Kier alpha value is -1.02. The van der Waals surface area contributed by atoms with Crippen LogP contribution in [0.25, 0.3) is 0 Å². The lowest BCUT2D eigenvalue weighted by Crippen LogP contribution is -2.51. The van der Waals surface area contributed by atoms with Crippen molar-refractivity contribution in [2.45, 2.75) is 24.4 Å². The summed E-state index contributed by atoms with van der Waals surface area (Å²) < 4.78 is 40.7. The number of sulfonamides is 1. The van der Waals surface area contributed by atoms with Gasteiger partial charge in [-0.2, -0.15) is 4.31 Å². The molecule has 21 heavy (non-hydrogen) atoms. The van der Waals surface area contributed by atoms with E-state index in [0.717, 1.165) is 5.56 Å². The van der Waals surface area contributed by atoms with Crippen LogP contribution in [-0.4, -0.2) is 57.4 Å². The van der Waals surface area contributed by atoms with Crippen molar-refractivity contribution in [3.05, 3.63) is 29.6 Å². The summed E-state index contributed by atoms with van der Waals surface area (Å²) in [6.07, 6.45) is 0. The molecule has 0 spiro atoms. The minimum Gasteiger partial charge on any atom is -0.316 e. The highest BCUT2D eigenvalue weighted by Crippen LogP contribution is 2.22. The summed E-state index contributed by atoms with van der Waals surface area (Å²) in [5.74, 6) is -0.686. The molecule has 5 nitrogen and oxygen atoms in total. The SMILES string of the molecule is CNCc1ccc(S(=O)(=O)N2CCN(C)C(C)C2)c(F)c1. The average molecular weight is 315 g/mol. The average Bonchev–Trinajstić information content (AvgIpc) is 2.42. The van der Waals surface area contributed by atoms with Crippen LogP contribution < -0.4 is 5.32 Å². The number of nitrogens with one attached hydrogen (secondary N) is 1. The van der Waals surface area contributed by atoms with Crippen molar-refractivity contribution in [1.29, 1.82) is 0 Å². The molecule has 1 atom stereocenters. The first-order valence-electron chi connectivity index (χ1n) is 6.99. The van der Waals surface area contributed by atoms with Gasteiger partial charge in [-0.1, -0.05) is 6.07 Å². The van der Waals surface area contributed by atoms with Crippen LogP contribution in [0, 0.1) is 5.82 Å². The molecule has 0 amide bonds. The molecule has 1 unspecified atom stereocenters. The molecule has 1 N–H and O–H groups in total. The molecular formula is C14H22FN3O2S. The molecule has 1 aromatic carbocycles. The lowest BCUT2D eigenvalue weighted by Gasteiger charge is -2.36. The number of likely N-dealkylation sites (N-methyl/N-ethyl adjacent to an activating group) is 1. The number of nitrogens with zero attached hydrogens (tertiary/aromatic N) is 2. The summed E-state index contributed by atoms with van der Waals surface area (Å²) in [5, 5.41) is 2.91. The van der Waals surface area contributed by atoms with Gasteiger partial charge in [0.25, 0.3) is 0 Å². The van der Waals surface area contributed by atoms with Gasteiger partial charge in [0, 0.05) is 32.2 Å². The molecule has 7 heteroatoms. The van der Waals surface area contributed by atoms with Crippen molar-refractivity contribution >= 4 is 10.0 Å². The second kappa shape index (κ2) is 6.39. The predicted molar refractivity (Wildman–Crippen MR) is 80.0 cm³/mol. The third-order valence-corrected chi connectivity index (χ3v) is 5.82. The summed E-state index contributed by atoms with van der Waals surface area (Å²) in [5.41, 5.74) is 0.723. The number of hydrogen-bond acceptors (Lipinski definition) is 4. The molecule has 0 bridgehead atoms. The molecule has 1 saturated heterocycles. The molecule has 1 aliphatic rings. The molecule has 1 heterocycles. The van der Waals surface area contributed by atoms with Crippen molar-refractivity contribution in [3.63, 3.8) is 0 Å².